The molecule has 1 N–H and O–H groups in total. The van der Waals surface area contributed by atoms with Crippen LogP contribution in [0.3, 0.4) is 0 Å². The number of aromatic nitrogens is 1. The van der Waals surface area contributed by atoms with Crippen LogP contribution < -0.4 is 4.35 Å². The van der Waals surface area contributed by atoms with Crippen molar-refractivity contribution < 1.29 is 5.21 Å². The maximum absolute atomic E-state index is 8.48. The second-order valence-electron chi connectivity index (χ2n) is 2.88. The molecule has 0 fully saturated rings. The average molecular weight is 248 g/mol. The van der Waals surface area contributed by atoms with Crippen molar-refractivity contribution in [1.82, 2.24) is 4.98 Å². The summed E-state index contributed by atoms with van der Waals surface area (Å²) in [4.78, 5) is 4.25. The Morgan fingerprint density at radius 2 is 2.21 bits per heavy atom. The zero-order valence-electron chi connectivity index (χ0n) is 7.38. The third kappa shape index (κ3) is 1.51. The fourth-order valence-electron chi connectivity index (χ4n) is 1.37. The molecule has 0 radical (unpaired) electrons. The third-order valence-corrected chi connectivity index (χ3v) is 3.41. The van der Waals surface area contributed by atoms with Crippen molar-refractivity contribution in [3.8, 4) is 0 Å². The molecule has 0 saturated carbocycles. The van der Waals surface area contributed by atoms with E-state index >= 15 is 0 Å². The van der Waals surface area contributed by atoms with Gasteiger partial charge in [0.25, 0.3) is 0 Å². The molecule has 14 heavy (non-hydrogen) atoms. The molecular weight excluding hydrogens is 239 g/mol. The van der Waals surface area contributed by atoms with Crippen LogP contribution in [0.25, 0.3) is 10.9 Å². The molecule has 1 heterocycles. The van der Waals surface area contributed by atoms with Crippen LogP contribution in [0, 0.1) is 0 Å². The van der Waals surface area contributed by atoms with Crippen LogP contribution in [0.5, 0.6) is 0 Å². The van der Waals surface area contributed by atoms with Gasteiger partial charge in [0.15, 0.2) is 0 Å². The summed E-state index contributed by atoms with van der Waals surface area (Å²) in [6.07, 6.45) is 3.22. The van der Waals surface area contributed by atoms with E-state index in [0.29, 0.717) is 0 Å². The van der Waals surface area contributed by atoms with E-state index in [2.05, 4.69) is 10.1 Å². The first-order valence-corrected chi connectivity index (χ1v) is 5.34. The maximum atomic E-state index is 8.48. The van der Waals surface area contributed by atoms with Crippen molar-refractivity contribution in [3.05, 3.63) is 36.0 Å². The van der Waals surface area contributed by atoms with E-state index in [1.807, 2.05) is 24.3 Å². The van der Waals surface area contributed by atoms with Gasteiger partial charge >= 0.3 is 89.7 Å². The molecule has 0 aliphatic carbocycles. The summed E-state index contributed by atoms with van der Waals surface area (Å²) in [5, 5.41) is 12.6. The van der Waals surface area contributed by atoms with Gasteiger partial charge in [-0.1, -0.05) is 0 Å². The predicted octanol–water partition coefficient (Wildman–Crippen LogP) is 0.301. The zero-order valence-corrected chi connectivity index (χ0v) is 9.81. The molecule has 0 spiro atoms. The average Bonchev–Trinajstić information content (AvgIpc) is 2.23. The van der Waals surface area contributed by atoms with Crippen molar-refractivity contribution in [2.75, 3.05) is 0 Å². The Morgan fingerprint density at radius 1 is 1.36 bits per heavy atom. The number of rotatable bonds is 1. The van der Waals surface area contributed by atoms with Crippen LogP contribution in [0.15, 0.2) is 35.6 Å². The van der Waals surface area contributed by atoms with Gasteiger partial charge in [0.2, 0.25) is 0 Å². The summed E-state index contributed by atoms with van der Waals surface area (Å²) in [5.74, 6) is 0. The molecule has 0 saturated heterocycles. The van der Waals surface area contributed by atoms with E-state index in [0.717, 1.165) is 20.8 Å². The van der Waals surface area contributed by atoms with E-state index in [1.165, 1.54) is 23.1 Å². The summed E-state index contributed by atoms with van der Waals surface area (Å²) < 4.78 is 1.14. The van der Waals surface area contributed by atoms with Gasteiger partial charge in [0.05, 0.1) is 0 Å². The van der Waals surface area contributed by atoms with Gasteiger partial charge in [0, 0.05) is 0 Å². The van der Waals surface area contributed by atoms with Gasteiger partial charge in [0.1, 0.15) is 0 Å². The summed E-state index contributed by atoms with van der Waals surface area (Å²) in [7, 11) is 0. The minimum absolute atomic E-state index is 0.938. The number of pyridine rings is 1. The second-order valence-corrected chi connectivity index (χ2v) is 4.09. The van der Waals surface area contributed by atoms with E-state index in [1.54, 1.807) is 6.20 Å². The van der Waals surface area contributed by atoms with Crippen LogP contribution in [0.1, 0.15) is 5.56 Å². The summed E-state index contributed by atoms with van der Waals surface area (Å²) in [5.41, 5.74) is 1.91. The molecule has 0 aliphatic rings. The number of nitrogens with zero attached hydrogens (tertiary/aromatic N) is 2. The molecule has 2 rings (SSSR count). The molecule has 1 unspecified atom stereocenters. The molecule has 0 bridgehead atoms. The van der Waals surface area contributed by atoms with Gasteiger partial charge in [-0.3, -0.25) is 0 Å². The molecule has 0 aliphatic heterocycles. The molecule has 3 nitrogen and oxygen atoms in total. The topological polar surface area (TPSA) is 45.5 Å². The first-order valence-electron chi connectivity index (χ1n) is 4.13. The molecule has 0 amide bonds. The van der Waals surface area contributed by atoms with Crippen LogP contribution in [0.4, 0.5) is 0 Å². The number of oxime groups is 1. The van der Waals surface area contributed by atoms with Gasteiger partial charge in [-0.05, 0) is 0 Å². The second kappa shape index (κ2) is 3.80. The zero-order chi connectivity index (χ0) is 9.97. The van der Waals surface area contributed by atoms with Crippen molar-refractivity contribution in [2.24, 2.45) is 5.16 Å². The van der Waals surface area contributed by atoms with E-state index in [9.17, 15) is 0 Å². The Balaban J connectivity index is 2.75. The van der Waals surface area contributed by atoms with Crippen LogP contribution in [-0.4, -0.2) is 33.3 Å². The molecule has 2 aromatic rings. The number of benzene rings is 1. The van der Waals surface area contributed by atoms with E-state index in [4.69, 9.17) is 5.21 Å². The Bertz CT molecular complexity index is 496. The Labute approximate surface area is 90.0 Å². The normalized spacial score (nSPS) is 11.2. The Kier molecular flexibility index (Phi) is 2.51. The van der Waals surface area contributed by atoms with Crippen molar-refractivity contribution in [1.29, 1.82) is 0 Å². The van der Waals surface area contributed by atoms with Crippen LogP contribution >= 0.6 is 0 Å². The van der Waals surface area contributed by atoms with Crippen molar-refractivity contribution in [3.63, 3.8) is 0 Å². The number of hydrogen-bond acceptors (Lipinski definition) is 3. The molecule has 4 heteroatoms. The van der Waals surface area contributed by atoms with Gasteiger partial charge < -0.3 is 0 Å². The number of fused-ring (bicyclic) bond motifs is 1. The van der Waals surface area contributed by atoms with Gasteiger partial charge in [-0.15, -0.1) is 0 Å². The van der Waals surface area contributed by atoms with Crippen molar-refractivity contribution >= 4 is 38.3 Å². The SMILES string of the molecule is ON=Cc1ccc2ncccc2c1[AsH2]. The Hall–Kier alpha value is -1.34. The Morgan fingerprint density at radius 3 is 3.00 bits per heavy atom. The quantitative estimate of drug-likeness (QED) is 0.341. The van der Waals surface area contributed by atoms with Gasteiger partial charge in [-0.2, -0.15) is 0 Å². The standard InChI is InChI=1S/C10H9AsN2O/c11-10-7(6-13-14)3-4-9-8(10)2-1-5-12-9/h1-6,14H,11H2. The molecular formula is C10H9AsN2O. The van der Waals surface area contributed by atoms with Crippen molar-refractivity contribution in [2.45, 2.75) is 0 Å². The monoisotopic (exact) mass is 248 g/mol. The third-order valence-electron chi connectivity index (χ3n) is 2.06. The van der Waals surface area contributed by atoms with Crippen LogP contribution in [-0.2, 0) is 0 Å². The van der Waals surface area contributed by atoms with Crippen LogP contribution in [0.2, 0.25) is 0 Å². The molecule has 1 aromatic heterocycles. The van der Waals surface area contributed by atoms with E-state index in [-0.39, 0.29) is 0 Å². The first-order chi connectivity index (χ1) is 6.83. The summed E-state index contributed by atoms with van der Waals surface area (Å²) in [6.45, 7) is 0. The molecule has 1 aromatic carbocycles. The molecule has 1 atom stereocenters. The van der Waals surface area contributed by atoms with Gasteiger partial charge in [-0.25, -0.2) is 0 Å². The predicted molar refractivity (Wildman–Crippen MR) is 59.3 cm³/mol. The van der Waals surface area contributed by atoms with E-state index < -0.39 is 0 Å². The minimum atomic E-state index is 0.938. The summed E-state index contributed by atoms with van der Waals surface area (Å²) in [6, 6.07) is 7.76. The summed E-state index contributed by atoms with van der Waals surface area (Å²) >= 11 is 1.50. The number of hydrogen-bond donors (Lipinski definition) is 1. The fraction of sp³-hybridized carbons (Fsp3) is 0. The fourth-order valence-corrected chi connectivity index (χ4v) is 2.24. The first kappa shape index (κ1) is 9.22. The molecule has 70 valence electrons.